The molecule has 8 heteroatoms. The summed E-state index contributed by atoms with van der Waals surface area (Å²) in [5.41, 5.74) is -0.382. The Morgan fingerprint density at radius 1 is 1.16 bits per heavy atom. The third-order valence-corrected chi connectivity index (χ3v) is 3.96. The number of morpholine rings is 1. The standard InChI is InChI=1S/C17H16F3NO4/c1-8-5-21(6-9(2)25-8)17(23)13-3-10(7-24-13)11-4-12(18)15(20)16(22)14(11)19/h3-4,7-9,22H,5-6H2,1-2H3/t8-,9+. The van der Waals surface area contributed by atoms with Gasteiger partial charge in [-0.3, -0.25) is 4.79 Å². The Hall–Kier alpha value is -2.48. The predicted octanol–water partition coefficient (Wildman–Crippen LogP) is 3.32. The van der Waals surface area contributed by atoms with Gasteiger partial charge in [0.2, 0.25) is 5.82 Å². The summed E-state index contributed by atoms with van der Waals surface area (Å²) >= 11 is 0. The van der Waals surface area contributed by atoms with E-state index in [2.05, 4.69) is 0 Å². The van der Waals surface area contributed by atoms with E-state index in [1.54, 1.807) is 4.90 Å². The van der Waals surface area contributed by atoms with E-state index in [-0.39, 0.29) is 23.5 Å². The molecule has 134 valence electrons. The van der Waals surface area contributed by atoms with E-state index in [1.165, 1.54) is 6.07 Å². The molecule has 25 heavy (non-hydrogen) atoms. The molecule has 1 aliphatic heterocycles. The maximum atomic E-state index is 14.0. The Morgan fingerprint density at radius 3 is 2.44 bits per heavy atom. The van der Waals surface area contributed by atoms with Crippen LogP contribution in [0.15, 0.2) is 22.8 Å². The molecular formula is C17H16F3NO4. The first-order valence-corrected chi connectivity index (χ1v) is 7.68. The van der Waals surface area contributed by atoms with E-state index in [0.29, 0.717) is 19.2 Å². The van der Waals surface area contributed by atoms with E-state index >= 15 is 0 Å². The molecule has 0 radical (unpaired) electrons. The van der Waals surface area contributed by atoms with Crippen molar-refractivity contribution in [3.8, 4) is 16.9 Å². The molecular weight excluding hydrogens is 339 g/mol. The van der Waals surface area contributed by atoms with Crippen molar-refractivity contribution < 1.29 is 32.2 Å². The van der Waals surface area contributed by atoms with Gasteiger partial charge in [-0.2, -0.15) is 4.39 Å². The molecule has 1 saturated heterocycles. The van der Waals surface area contributed by atoms with Gasteiger partial charge in [0.25, 0.3) is 5.91 Å². The maximum absolute atomic E-state index is 14.0. The second-order valence-electron chi connectivity index (χ2n) is 6.05. The van der Waals surface area contributed by atoms with Gasteiger partial charge in [0.1, 0.15) is 0 Å². The average molecular weight is 355 g/mol. The van der Waals surface area contributed by atoms with E-state index in [1.807, 2.05) is 13.8 Å². The third kappa shape index (κ3) is 3.21. The Morgan fingerprint density at radius 2 is 1.80 bits per heavy atom. The van der Waals surface area contributed by atoms with Crippen molar-refractivity contribution in [2.75, 3.05) is 13.1 Å². The molecule has 2 atom stereocenters. The SMILES string of the molecule is C[C@@H]1CN(C(=O)c2cc(-c3cc(F)c(F)c(O)c3F)co2)C[C@H](C)O1. The molecule has 0 bridgehead atoms. The first kappa shape index (κ1) is 17.3. The second-order valence-corrected chi connectivity index (χ2v) is 6.05. The molecule has 0 spiro atoms. The van der Waals surface area contributed by atoms with Gasteiger partial charge in [-0.15, -0.1) is 0 Å². The normalized spacial score (nSPS) is 20.8. The zero-order valence-electron chi connectivity index (χ0n) is 13.6. The van der Waals surface area contributed by atoms with Crippen LogP contribution < -0.4 is 0 Å². The zero-order chi connectivity index (χ0) is 18.3. The number of furan rings is 1. The molecule has 1 aromatic carbocycles. The average Bonchev–Trinajstić information content (AvgIpc) is 3.04. The topological polar surface area (TPSA) is 62.9 Å². The highest BCUT2D eigenvalue weighted by Crippen LogP contribution is 2.33. The van der Waals surface area contributed by atoms with Gasteiger partial charge in [-0.1, -0.05) is 0 Å². The minimum atomic E-state index is -1.67. The van der Waals surface area contributed by atoms with Crippen molar-refractivity contribution in [2.45, 2.75) is 26.1 Å². The van der Waals surface area contributed by atoms with E-state index in [4.69, 9.17) is 9.15 Å². The summed E-state index contributed by atoms with van der Waals surface area (Å²) in [7, 11) is 0. The molecule has 5 nitrogen and oxygen atoms in total. The van der Waals surface area contributed by atoms with Gasteiger partial charge >= 0.3 is 0 Å². The lowest BCUT2D eigenvalue weighted by atomic mass is 10.1. The molecule has 3 rings (SSSR count). The highest BCUT2D eigenvalue weighted by Gasteiger charge is 2.29. The Kier molecular flexibility index (Phi) is 4.47. The van der Waals surface area contributed by atoms with Crippen LogP contribution in [0.2, 0.25) is 0 Å². The predicted molar refractivity (Wildman–Crippen MR) is 81.6 cm³/mol. The molecule has 1 aromatic heterocycles. The molecule has 0 aliphatic carbocycles. The van der Waals surface area contributed by atoms with Gasteiger partial charge in [0.05, 0.1) is 18.5 Å². The van der Waals surface area contributed by atoms with Crippen molar-refractivity contribution in [2.24, 2.45) is 0 Å². The van der Waals surface area contributed by atoms with Crippen molar-refractivity contribution in [1.82, 2.24) is 4.90 Å². The fourth-order valence-electron chi connectivity index (χ4n) is 2.89. The number of aromatic hydroxyl groups is 1. The van der Waals surface area contributed by atoms with Gasteiger partial charge in [-0.05, 0) is 26.0 Å². The molecule has 1 aliphatic rings. The minimum Gasteiger partial charge on any atom is -0.503 e. The zero-order valence-corrected chi connectivity index (χ0v) is 13.6. The monoisotopic (exact) mass is 355 g/mol. The summed E-state index contributed by atoms with van der Waals surface area (Å²) in [6.45, 7) is 4.42. The molecule has 0 saturated carbocycles. The Balaban J connectivity index is 1.89. The number of carbonyl (C=O) groups is 1. The second kappa shape index (κ2) is 6.44. The molecule has 1 fully saturated rings. The molecule has 0 unspecified atom stereocenters. The van der Waals surface area contributed by atoms with Crippen LogP contribution >= 0.6 is 0 Å². The first-order chi connectivity index (χ1) is 11.8. The summed E-state index contributed by atoms with van der Waals surface area (Å²) in [4.78, 5) is 14.0. The molecule has 2 aromatic rings. The van der Waals surface area contributed by atoms with Crippen LogP contribution in [-0.4, -0.2) is 41.2 Å². The summed E-state index contributed by atoms with van der Waals surface area (Å²) < 4.78 is 51.3. The van der Waals surface area contributed by atoms with E-state index in [0.717, 1.165) is 6.26 Å². The lowest BCUT2D eigenvalue weighted by molar-refractivity contribution is -0.0592. The lowest BCUT2D eigenvalue weighted by Crippen LogP contribution is -2.48. The summed E-state index contributed by atoms with van der Waals surface area (Å²) in [5, 5.41) is 9.30. The fraction of sp³-hybridized carbons (Fsp3) is 0.353. The fourth-order valence-corrected chi connectivity index (χ4v) is 2.89. The van der Waals surface area contributed by atoms with Crippen LogP contribution in [0, 0.1) is 17.5 Å². The van der Waals surface area contributed by atoms with Crippen LogP contribution in [0.25, 0.3) is 11.1 Å². The number of carbonyl (C=O) groups excluding carboxylic acids is 1. The van der Waals surface area contributed by atoms with Crippen LogP contribution in [0.3, 0.4) is 0 Å². The van der Waals surface area contributed by atoms with Crippen molar-refractivity contribution in [1.29, 1.82) is 0 Å². The van der Waals surface area contributed by atoms with Gasteiger partial charge in [-0.25, -0.2) is 8.78 Å². The largest absolute Gasteiger partial charge is 0.503 e. The number of phenols is 1. The molecule has 2 heterocycles. The van der Waals surface area contributed by atoms with E-state index < -0.39 is 34.7 Å². The number of hydrogen-bond acceptors (Lipinski definition) is 4. The number of nitrogens with zero attached hydrogens (tertiary/aromatic N) is 1. The third-order valence-electron chi connectivity index (χ3n) is 3.96. The van der Waals surface area contributed by atoms with Crippen LogP contribution in [0.1, 0.15) is 24.4 Å². The van der Waals surface area contributed by atoms with Crippen LogP contribution in [0.5, 0.6) is 5.75 Å². The number of hydrogen-bond donors (Lipinski definition) is 1. The van der Waals surface area contributed by atoms with Crippen molar-refractivity contribution in [3.63, 3.8) is 0 Å². The van der Waals surface area contributed by atoms with E-state index in [9.17, 15) is 23.1 Å². The quantitative estimate of drug-likeness (QED) is 0.840. The molecule has 1 amide bonds. The minimum absolute atomic E-state index is 0.0180. The van der Waals surface area contributed by atoms with Gasteiger partial charge < -0.3 is 19.2 Å². The lowest BCUT2D eigenvalue weighted by Gasteiger charge is -2.34. The first-order valence-electron chi connectivity index (χ1n) is 7.68. The highest BCUT2D eigenvalue weighted by atomic mass is 19.2. The number of phenolic OH excluding ortho intramolecular Hbond substituents is 1. The van der Waals surface area contributed by atoms with Crippen molar-refractivity contribution in [3.05, 3.63) is 41.6 Å². The van der Waals surface area contributed by atoms with Gasteiger partial charge in [0.15, 0.2) is 23.1 Å². The smallest absolute Gasteiger partial charge is 0.289 e. The summed E-state index contributed by atoms with van der Waals surface area (Å²) in [5.74, 6) is -6.30. The number of halogens is 3. The molecule has 1 N–H and O–H groups in total. The number of ether oxygens (including phenoxy) is 1. The summed E-state index contributed by atoms with van der Waals surface area (Å²) in [6, 6.07) is 1.82. The highest BCUT2D eigenvalue weighted by molar-refractivity contribution is 5.93. The Bertz CT molecular complexity index is 810. The van der Waals surface area contributed by atoms with Gasteiger partial charge in [0, 0.05) is 24.2 Å². The maximum Gasteiger partial charge on any atom is 0.289 e. The number of benzene rings is 1. The van der Waals surface area contributed by atoms with Crippen LogP contribution in [-0.2, 0) is 4.74 Å². The summed E-state index contributed by atoms with van der Waals surface area (Å²) in [6.07, 6.45) is 0.779. The Labute approximate surface area is 141 Å². The number of rotatable bonds is 2. The van der Waals surface area contributed by atoms with Crippen LogP contribution in [0.4, 0.5) is 13.2 Å². The number of amides is 1. The van der Waals surface area contributed by atoms with Crippen molar-refractivity contribution >= 4 is 5.91 Å².